The van der Waals surface area contributed by atoms with Crippen molar-refractivity contribution in [3.8, 4) is 5.75 Å². The van der Waals surface area contributed by atoms with Gasteiger partial charge in [0.1, 0.15) is 5.75 Å². The van der Waals surface area contributed by atoms with Crippen molar-refractivity contribution in [3.63, 3.8) is 0 Å². The smallest absolute Gasteiger partial charge is 0.314 e. The molecule has 0 saturated carbocycles. The number of nitrogens with one attached hydrogen (secondary N) is 2. The predicted molar refractivity (Wildman–Crippen MR) is 91.5 cm³/mol. The molecule has 22 heavy (non-hydrogen) atoms. The molecule has 124 valence electrons. The lowest BCUT2D eigenvalue weighted by molar-refractivity contribution is 0.238. The van der Waals surface area contributed by atoms with Crippen LogP contribution in [0.2, 0.25) is 0 Å². The highest BCUT2D eigenvalue weighted by Gasteiger charge is 2.12. The Morgan fingerprint density at radius 3 is 2.32 bits per heavy atom. The number of hydrogen-bond donors (Lipinski definition) is 2. The Labute approximate surface area is 134 Å². The van der Waals surface area contributed by atoms with Gasteiger partial charge in [0, 0.05) is 13.1 Å². The molecule has 0 spiro atoms. The first-order valence-corrected chi connectivity index (χ1v) is 8.04. The molecule has 0 fully saturated rings. The van der Waals surface area contributed by atoms with Gasteiger partial charge in [0.15, 0.2) is 0 Å². The van der Waals surface area contributed by atoms with E-state index in [1.165, 1.54) is 5.56 Å². The van der Waals surface area contributed by atoms with Crippen LogP contribution in [0.3, 0.4) is 0 Å². The van der Waals surface area contributed by atoms with Crippen molar-refractivity contribution in [2.75, 3.05) is 19.7 Å². The zero-order chi connectivity index (χ0) is 16.6. The number of hydrogen-bond acceptors (Lipinski definition) is 2. The van der Waals surface area contributed by atoms with E-state index in [0.29, 0.717) is 25.6 Å². The minimum Gasteiger partial charge on any atom is -0.494 e. The Balaban J connectivity index is 2.18. The lowest BCUT2D eigenvalue weighted by Gasteiger charge is -2.19. The van der Waals surface area contributed by atoms with E-state index in [9.17, 15) is 4.79 Å². The standard InChI is InChI=1S/C18H30N2O2/c1-14(2)13-20-17(21)19-11-6-12-22-16-9-7-15(8-10-16)18(3,4)5/h7-10,14H,6,11-13H2,1-5H3,(H2,19,20,21). The highest BCUT2D eigenvalue weighted by atomic mass is 16.5. The summed E-state index contributed by atoms with van der Waals surface area (Å²) in [6, 6.07) is 8.11. The Bertz CT molecular complexity index is 447. The molecule has 0 aromatic heterocycles. The molecular formula is C18H30N2O2. The van der Waals surface area contributed by atoms with Crippen LogP contribution in [-0.4, -0.2) is 25.7 Å². The molecule has 0 bridgehead atoms. The first-order valence-electron chi connectivity index (χ1n) is 8.04. The van der Waals surface area contributed by atoms with Crippen molar-refractivity contribution >= 4 is 6.03 Å². The third-order valence-corrected chi connectivity index (χ3v) is 3.27. The van der Waals surface area contributed by atoms with Crippen molar-refractivity contribution in [3.05, 3.63) is 29.8 Å². The van der Waals surface area contributed by atoms with E-state index in [1.807, 2.05) is 12.1 Å². The van der Waals surface area contributed by atoms with Gasteiger partial charge in [-0.05, 0) is 35.4 Å². The molecule has 0 aliphatic heterocycles. The van der Waals surface area contributed by atoms with Crippen LogP contribution in [0.25, 0.3) is 0 Å². The van der Waals surface area contributed by atoms with Gasteiger partial charge in [0.25, 0.3) is 0 Å². The van der Waals surface area contributed by atoms with Crippen molar-refractivity contribution < 1.29 is 9.53 Å². The maximum atomic E-state index is 11.4. The van der Waals surface area contributed by atoms with Gasteiger partial charge in [0.05, 0.1) is 6.61 Å². The second-order valence-electron chi connectivity index (χ2n) is 7.01. The Kier molecular flexibility index (Phi) is 7.22. The van der Waals surface area contributed by atoms with Crippen LogP contribution >= 0.6 is 0 Å². The minimum absolute atomic E-state index is 0.108. The van der Waals surface area contributed by atoms with E-state index < -0.39 is 0 Å². The summed E-state index contributed by atoms with van der Waals surface area (Å²) in [5, 5.41) is 5.64. The van der Waals surface area contributed by atoms with Crippen molar-refractivity contribution in [1.82, 2.24) is 10.6 Å². The van der Waals surface area contributed by atoms with Gasteiger partial charge < -0.3 is 15.4 Å². The maximum Gasteiger partial charge on any atom is 0.314 e. The van der Waals surface area contributed by atoms with Crippen molar-refractivity contribution in [2.45, 2.75) is 46.5 Å². The molecule has 0 heterocycles. The highest BCUT2D eigenvalue weighted by molar-refractivity contribution is 5.73. The molecule has 0 aliphatic rings. The van der Waals surface area contributed by atoms with Crippen LogP contribution in [0.1, 0.15) is 46.6 Å². The van der Waals surface area contributed by atoms with E-state index >= 15 is 0 Å². The van der Waals surface area contributed by atoms with E-state index in [0.717, 1.165) is 12.2 Å². The molecule has 1 aromatic carbocycles. The molecule has 1 rings (SSSR count). The summed E-state index contributed by atoms with van der Waals surface area (Å²) < 4.78 is 5.68. The Hall–Kier alpha value is -1.71. The lowest BCUT2D eigenvalue weighted by Crippen LogP contribution is -2.38. The summed E-state index contributed by atoms with van der Waals surface area (Å²) in [7, 11) is 0. The van der Waals surface area contributed by atoms with Crippen LogP contribution in [0.4, 0.5) is 4.79 Å². The molecule has 1 aromatic rings. The van der Waals surface area contributed by atoms with Crippen LogP contribution < -0.4 is 15.4 Å². The van der Waals surface area contributed by atoms with Gasteiger partial charge in [-0.2, -0.15) is 0 Å². The van der Waals surface area contributed by atoms with Gasteiger partial charge in [-0.1, -0.05) is 46.8 Å². The summed E-state index contributed by atoms with van der Waals surface area (Å²) in [5.74, 6) is 1.34. The van der Waals surface area contributed by atoms with Crippen LogP contribution in [0, 0.1) is 5.92 Å². The predicted octanol–water partition coefficient (Wildman–Crippen LogP) is 3.71. The molecule has 0 saturated heterocycles. The summed E-state index contributed by atoms with van der Waals surface area (Å²) in [4.78, 5) is 11.4. The molecule has 4 heteroatoms. The fourth-order valence-electron chi connectivity index (χ4n) is 1.87. The molecule has 0 unspecified atom stereocenters. The molecule has 0 aliphatic carbocycles. The second kappa shape index (κ2) is 8.66. The number of carbonyl (C=O) groups excluding carboxylic acids is 1. The van der Waals surface area contributed by atoms with Gasteiger partial charge in [-0.25, -0.2) is 4.79 Å². The fourth-order valence-corrected chi connectivity index (χ4v) is 1.87. The minimum atomic E-state index is -0.108. The highest BCUT2D eigenvalue weighted by Crippen LogP contribution is 2.24. The topological polar surface area (TPSA) is 50.4 Å². The summed E-state index contributed by atoms with van der Waals surface area (Å²) in [6.07, 6.45) is 0.788. The molecule has 2 amide bonds. The van der Waals surface area contributed by atoms with Crippen LogP contribution in [-0.2, 0) is 5.41 Å². The molecule has 0 radical (unpaired) electrons. The number of amides is 2. The normalized spacial score (nSPS) is 11.4. The monoisotopic (exact) mass is 306 g/mol. The van der Waals surface area contributed by atoms with E-state index in [1.54, 1.807) is 0 Å². The molecular weight excluding hydrogens is 276 g/mol. The molecule has 0 atom stereocenters. The largest absolute Gasteiger partial charge is 0.494 e. The number of ether oxygens (including phenoxy) is 1. The number of urea groups is 1. The van der Waals surface area contributed by atoms with E-state index in [4.69, 9.17) is 4.74 Å². The van der Waals surface area contributed by atoms with Crippen molar-refractivity contribution in [2.24, 2.45) is 5.92 Å². The fraction of sp³-hybridized carbons (Fsp3) is 0.611. The average Bonchev–Trinajstić information content (AvgIpc) is 2.44. The average molecular weight is 306 g/mol. The SMILES string of the molecule is CC(C)CNC(=O)NCCCOc1ccc(C(C)(C)C)cc1. The van der Waals surface area contributed by atoms with E-state index in [2.05, 4.69) is 57.4 Å². The summed E-state index contributed by atoms with van der Waals surface area (Å²) in [6.45, 7) is 12.6. The quantitative estimate of drug-likeness (QED) is 0.755. The van der Waals surface area contributed by atoms with Crippen LogP contribution in [0.15, 0.2) is 24.3 Å². The Morgan fingerprint density at radius 1 is 1.14 bits per heavy atom. The third-order valence-electron chi connectivity index (χ3n) is 3.27. The van der Waals surface area contributed by atoms with Crippen LogP contribution in [0.5, 0.6) is 5.75 Å². The van der Waals surface area contributed by atoms with Crippen molar-refractivity contribution in [1.29, 1.82) is 0 Å². The van der Waals surface area contributed by atoms with Gasteiger partial charge in [-0.3, -0.25) is 0 Å². The third kappa shape index (κ3) is 7.34. The first kappa shape index (κ1) is 18.3. The summed E-state index contributed by atoms with van der Waals surface area (Å²) in [5.41, 5.74) is 1.45. The van der Waals surface area contributed by atoms with E-state index in [-0.39, 0.29) is 11.4 Å². The lowest BCUT2D eigenvalue weighted by atomic mass is 9.87. The Morgan fingerprint density at radius 2 is 1.77 bits per heavy atom. The second-order valence-corrected chi connectivity index (χ2v) is 7.01. The van der Waals surface area contributed by atoms with Gasteiger partial charge >= 0.3 is 6.03 Å². The van der Waals surface area contributed by atoms with Gasteiger partial charge in [-0.15, -0.1) is 0 Å². The number of carbonyl (C=O) groups is 1. The molecule has 4 nitrogen and oxygen atoms in total. The molecule has 2 N–H and O–H groups in total. The maximum absolute atomic E-state index is 11.4. The van der Waals surface area contributed by atoms with Gasteiger partial charge in [0.2, 0.25) is 0 Å². The zero-order valence-corrected chi connectivity index (χ0v) is 14.5. The first-order chi connectivity index (χ1) is 10.3. The number of rotatable bonds is 7. The zero-order valence-electron chi connectivity index (χ0n) is 14.5. The summed E-state index contributed by atoms with van der Waals surface area (Å²) >= 11 is 0. The number of benzene rings is 1.